The van der Waals surface area contributed by atoms with Crippen molar-refractivity contribution in [2.45, 2.75) is 13.0 Å². The number of aromatic nitrogens is 1. The van der Waals surface area contributed by atoms with Gasteiger partial charge in [-0.2, -0.15) is 0 Å². The average Bonchev–Trinajstić information content (AvgIpc) is 2.63. The molecule has 0 spiro atoms. The summed E-state index contributed by atoms with van der Waals surface area (Å²) in [7, 11) is -2.87. The van der Waals surface area contributed by atoms with Crippen LogP contribution in [0.25, 0.3) is 10.9 Å². The second-order valence-electron chi connectivity index (χ2n) is 5.50. The molecule has 21 heavy (non-hydrogen) atoms. The maximum Gasteiger partial charge on any atom is 0.151 e. The number of anilines is 1. The van der Waals surface area contributed by atoms with Gasteiger partial charge in [0.25, 0.3) is 0 Å². The lowest BCUT2D eigenvalue weighted by atomic mass is 10.1. The molecule has 2 N–H and O–H groups in total. The van der Waals surface area contributed by atoms with E-state index in [1.54, 1.807) is 6.20 Å². The minimum atomic E-state index is -2.87. The number of nitrogens with zero attached hydrogens (tertiary/aromatic N) is 2. The number of benzene rings is 1. The van der Waals surface area contributed by atoms with Gasteiger partial charge in [-0.05, 0) is 36.7 Å². The largest absolute Gasteiger partial charge is 0.398 e. The molecule has 1 saturated heterocycles. The van der Waals surface area contributed by atoms with E-state index in [4.69, 9.17) is 5.73 Å². The summed E-state index contributed by atoms with van der Waals surface area (Å²) in [5.41, 5.74) is 8.71. The molecular formula is C15H19N3O2S. The predicted molar refractivity (Wildman–Crippen MR) is 84.7 cm³/mol. The predicted octanol–water partition coefficient (Wildman–Crippen LogP) is 1.44. The number of hydrogen-bond acceptors (Lipinski definition) is 5. The summed E-state index contributed by atoms with van der Waals surface area (Å²) in [6.45, 7) is 2.10. The lowest BCUT2D eigenvalue weighted by Gasteiger charge is -2.20. The molecule has 5 nitrogen and oxygen atoms in total. The van der Waals surface area contributed by atoms with E-state index in [0.29, 0.717) is 25.3 Å². The molecule has 1 aromatic heterocycles. The molecule has 1 aromatic carbocycles. The highest BCUT2D eigenvalue weighted by Gasteiger charge is 2.19. The van der Waals surface area contributed by atoms with Crippen LogP contribution in [0.4, 0.5) is 5.69 Å². The molecule has 0 amide bonds. The fourth-order valence-electron chi connectivity index (χ4n) is 2.77. The summed E-state index contributed by atoms with van der Waals surface area (Å²) in [6.07, 6.45) is 2.46. The maximum absolute atomic E-state index is 11.7. The molecule has 1 fully saturated rings. The lowest BCUT2D eigenvalue weighted by molar-refractivity contribution is 0.288. The Bertz CT molecular complexity index is 759. The van der Waals surface area contributed by atoms with Gasteiger partial charge in [0.05, 0.1) is 17.0 Å². The maximum atomic E-state index is 11.7. The van der Waals surface area contributed by atoms with Crippen LogP contribution >= 0.6 is 0 Å². The number of nitrogens with two attached hydrogens (primary N) is 1. The van der Waals surface area contributed by atoms with E-state index in [-0.39, 0.29) is 5.75 Å². The Labute approximate surface area is 124 Å². The van der Waals surface area contributed by atoms with Gasteiger partial charge in [0.2, 0.25) is 0 Å². The van der Waals surface area contributed by atoms with Crippen molar-refractivity contribution in [3.05, 3.63) is 36.0 Å². The molecule has 6 heteroatoms. The molecule has 0 aliphatic carbocycles. The third-order valence-electron chi connectivity index (χ3n) is 3.93. The van der Waals surface area contributed by atoms with Gasteiger partial charge in [-0.1, -0.05) is 6.07 Å². The van der Waals surface area contributed by atoms with Crippen LogP contribution in [0, 0.1) is 0 Å². The van der Waals surface area contributed by atoms with Gasteiger partial charge in [0, 0.05) is 30.4 Å². The number of sulfone groups is 1. The highest BCUT2D eigenvalue weighted by atomic mass is 32.2. The highest BCUT2D eigenvalue weighted by Crippen LogP contribution is 2.24. The molecule has 3 rings (SSSR count). The van der Waals surface area contributed by atoms with Gasteiger partial charge < -0.3 is 5.73 Å². The van der Waals surface area contributed by atoms with E-state index >= 15 is 0 Å². The molecule has 2 heterocycles. The Morgan fingerprint density at radius 2 is 2.05 bits per heavy atom. The van der Waals surface area contributed by atoms with Crippen LogP contribution in [0.2, 0.25) is 0 Å². The minimum absolute atomic E-state index is 0.243. The molecule has 2 aromatic rings. The number of rotatable bonds is 2. The van der Waals surface area contributed by atoms with Crippen LogP contribution in [0.3, 0.4) is 0 Å². The quantitative estimate of drug-likeness (QED) is 0.850. The smallest absolute Gasteiger partial charge is 0.151 e. The first-order chi connectivity index (χ1) is 10.1. The van der Waals surface area contributed by atoms with Crippen LogP contribution < -0.4 is 5.73 Å². The van der Waals surface area contributed by atoms with Crippen molar-refractivity contribution >= 4 is 26.4 Å². The van der Waals surface area contributed by atoms with Gasteiger partial charge in [-0.15, -0.1) is 0 Å². The molecular weight excluding hydrogens is 286 g/mol. The fourth-order valence-corrected chi connectivity index (χ4v) is 4.08. The Kier molecular flexibility index (Phi) is 3.82. The van der Waals surface area contributed by atoms with Crippen LogP contribution in [0.15, 0.2) is 30.5 Å². The topological polar surface area (TPSA) is 76.3 Å². The van der Waals surface area contributed by atoms with Crippen LogP contribution in [-0.4, -0.2) is 42.9 Å². The summed E-state index contributed by atoms with van der Waals surface area (Å²) >= 11 is 0. The zero-order valence-corrected chi connectivity index (χ0v) is 12.6. The Morgan fingerprint density at radius 3 is 2.90 bits per heavy atom. The first kappa shape index (κ1) is 14.3. The summed E-state index contributed by atoms with van der Waals surface area (Å²) in [5, 5.41) is 0.956. The summed E-state index contributed by atoms with van der Waals surface area (Å²) in [6, 6.07) is 7.73. The third-order valence-corrected chi connectivity index (χ3v) is 5.64. The Hall–Kier alpha value is -1.66. The molecule has 0 atom stereocenters. The second-order valence-corrected chi connectivity index (χ2v) is 7.80. The molecule has 1 aliphatic heterocycles. The molecule has 0 unspecified atom stereocenters. The van der Waals surface area contributed by atoms with Gasteiger partial charge >= 0.3 is 0 Å². The SMILES string of the molecule is Nc1ccc(CN2CCCS(=O)(=O)CC2)c2ncccc12. The van der Waals surface area contributed by atoms with Crippen LogP contribution in [0.5, 0.6) is 0 Å². The van der Waals surface area contributed by atoms with Crippen molar-refractivity contribution in [2.75, 3.05) is 30.3 Å². The van der Waals surface area contributed by atoms with Crippen LogP contribution in [-0.2, 0) is 16.4 Å². The van der Waals surface area contributed by atoms with E-state index < -0.39 is 9.84 Å². The number of fused-ring (bicyclic) bond motifs is 1. The van der Waals surface area contributed by atoms with Crippen molar-refractivity contribution in [2.24, 2.45) is 0 Å². The van der Waals surface area contributed by atoms with E-state index in [9.17, 15) is 8.42 Å². The van der Waals surface area contributed by atoms with E-state index in [0.717, 1.165) is 28.7 Å². The lowest BCUT2D eigenvalue weighted by Crippen LogP contribution is -2.26. The molecule has 0 bridgehead atoms. The van der Waals surface area contributed by atoms with Gasteiger partial charge in [0.1, 0.15) is 0 Å². The Morgan fingerprint density at radius 1 is 1.19 bits per heavy atom. The standard InChI is InChI=1S/C15H19N3O2S/c16-14-5-4-12(15-13(14)3-1-6-17-15)11-18-7-2-9-21(19,20)10-8-18/h1,3-6H,2,7-11,16H2. The summed E-state index contributed by atoms with van der Waals surface area (Å²) in [4.78, 5) is 6.62. The fraction of sp³-hybridized carbons (Fsp3) is 0.400. The number of hydrogen-bond donors (Lipinski definition) is 1. The first-order valence-electron chi connectivity index (χ1n) is 7.10. The second kappa shape index (κ2) is 5.61. The molecule has 1 aliphatic rings. The van der Waals surface area contributed by atoms with Crippen LogP contribution in [0.1, 0.15) is 12.0 Å². The van der Waals surface area contributed by atoms with Crippen molar-refractivity contribution in [3.63, 3.8) is 0 Å². The zero-order chi connectivity index (χ0) is 14.9. The molecule has 0 saturated carbocycles. The summed E-state index contributed by atoms with van der Waals surface area (Å²) < 4.78 is 23.3. The Balaban J connectivity index is 1.87. The normalized spacial score (nSPS) is 19.4. The van der Waals surface area contributed by atoms with Crippen molar-refractivity contribution in [1.82, 2.24) is 9.88 Å². The number of nitrogen functional groups attached to an aromatic ring is 1. The minimum Gasteiger partial charge on any atom is -0.398 e. The molecule has 0 radical (unpaired) electrons. The third kappa shape index (κ3) is 3.16. The van der Waals surface area contributed by atoms with Crippen molar-refractivity contribution < 1.29 is 8.42 Å². The van der Waals surface area contributed by atoms with E-state index in [1.165, 1.54) is 0 Å². The summed E-state index contributed by atoms with van der Waals surface area (Å²) in [5.74, 6) is 0.539. The molecule has 112 valence electrons. The highest BCUT2D eigenvalue weighted by molar-refractivity contribution is 7.91. The van der Waals surface area contributed by atoms with Crippen molar-refractivity contribution in [3.8, 4) is 0 Å². The first-order valence-corrected chi connectivity index (χ1v) is 8.92. The van der Waals surface area contributed by atoms with E-state index in [1.807, 2.05) is 24.3 Å². The van der Waals surface area contributed by atoms with Gasteiger partial charge in [0.15, 0.2) is 9.84 Å². The van der Waals surface area contributed by atoms with Gasteiger partial charge in [-0.3, -0.25) is 9.88 Å². The van der Waals surface area contributed by atoms with Gasteiger partial charge in [-0.25, -0.2) is 8.42 Å². The van der Waals surface area contributed by atoms with E-state index in [2.05, 4.69) is 9.88 Å². The average molecular weight is 305 g/mol. The zero-order valence-electron chi connectivity index (χ0n) is 11.8. The monoisotopic (exact) mass is 305 g/mol. The number of pyridine rings is 1. The van der Waals surface area contributed by atoms with Crippen molar-refractivity contribution in [1.29, 1.82) is 0 Å².